The molecular weight excluding hydrogens is 588 g/mol. The van der Waals surface area contributed by atoms with Crippen molar-refractivity contribution < 1.29 is 19.1 Å². The molecule has 5 fully saturated rings. The highest BCUT2D eigenvalue weighted by Gasteiger charge is 2.56. The minimum Gasteiger partial charge on any atom is -0.381 e. The van der Waals surface area contributed by atoms with Gasteiger partial charge < -0.3 is 25.0 Å². The Hall–Kier alpha value is -2.94. The van der Waals surface area contributed by atoms with Crippen LogP contribution in [0.3, 0.4) is 0 Å². The van der Waals surface area contributed by atoms with Crippen molar-refractivity contribution in [1.82, 2.24) is 15.5 Å². The summed E-state index contributed by atoms with van der Waals surface area (Å²) in [5.41, 5.74) is 5.45. The number of ether oxygens (including phenoxy) is 2. The number of benzene rings is 2. The van der Waals surface area contributed by atoms with Crippen LogP contribution in [-0.2, 0) is 20.8 Å². The topological polar surface area (TPSA) is 83.1 Å². The lowest BCUT2D eigenvalue weighted by Gasteiger charge is -2.47. The fraction of sp³-hybridized carbons (Fsp3) is 0.641. The first kappa shape index (κ1) is 33.9. The molecule has 256 valence electrons. The molecule has 4 unspecified atom stereocenters. The molecule has 8 heteroatoms. The van der Waals surface area contributed by atoms with E-state index in [0.29, 0.717) is 24.1 Å². The third-order valence-corrected chi connectivity index (χ3v) is 12.1. The third-order valence-electron chi connectivity index (χ3n) is 12.1. The standard InChI is InChI=1S/C39H56N4O4/c1-6-32-12-15-39(27(3)24-38(32,5)41-37(39)45)26-40-36(44)34-22-31(23-35(28(34)4)43(7-2)33-13-18-46-19-14-33)30-10-8-29(9-11-30)25-42-16-20-47-21-17-42/h8-11,22-23,27,32-33H,6-7,12-21,24-26H2,1-5H3,(H,40,44)(H,41,45). The van der Waals surface area contributed by atoms with E-state index in [1.807, 2.05) is 0 Å². The van der Waals surface area contributed by atoms with Gasteiger partial charge in [0.2, 0.25) is 5.91 Å². The van der Waals surface area contributed by atoms with Gasteiger partial charge in [-0.05, 0) is 99.1 Å². The molecule has 1 aliphatic carbocycles. The molecule has 7 rings (SSSR count). The van der Waals surface area contributed by atoms with E-state index < -0.39 is 5.41 Å². The van der Waals surface area contributed by atoms with Crippen molar-refractivity contribution in [1.29, 1.82) is 0 Å². The van der Waals surface area contributed by atoms with Gasteiger partial charge in [-0.2, -0.15) is 0 Å². The van der Waals surface area contributed by atoms with Crippen LogP contribution in [0.4, 0.5) is 5.69 Å². The van der Waals surface area contributed by atoms with E-state index in [9.17, 15) is 9.59 Å². The molecule has 5 aliphatic rings. The number of carbonyl (C=O) groups excluding carboxylic acids is 2. The van der Waals surface area contributed by atoms with E-state index in [0.717, 1.165) is 114 Å². The first-order valence-corrected chi connectivity index (χ1v) is 18.2. The van der Waals surface area contributed by atoms with Gasteiger partial charge in [0.1, 0.15) is 0 Å². The van der Waals surface area contributed by atoms with Crippen LogP contribution >= 0.6 is 0 Å². The van der Waals surface area contributed by atoms with Crippen LogP contribution in [0.25, 0.3) is 11.1 Å². The summed E-state index contributed by atoms with van der Waals surface area (Å²) in [6.07, 6.45) is 5.76. The van der Waals surface area contributed by atoms with Gasteiger partial charge in [-0.25, -0.2) is 0 Å². The van der Waals surface area contributed by atoms with Gasteiger partial charge in [0.25, 0.3) is 5.91 Å². The first-order chi connectivity index (χ1) is 22.7. The number of hydrogen-bond acceptors (Lipinski definition) is 6. The first-order valence-electron chi connectivity index (χ1n) is 18.2. The van der Waals surface area contributed by atoms with Crippen LogP contribution in [0.15, 0.2) is 36.4 Å². The van der Waals surface area contributed by atoms with Crippen LogP contribution in [0.2, 0.25) is 0 Å². The minimum absolute atomic E-state index is 0.100. The number of anilines is 1. The molecular formula is C39H56N4O4. The smallest absolute Gasteiger partial charge is 0.251 e. The van der Waals surface area contributed by atoms with Gasteiger partial charge in [0, 0.05) is 68.8 Å². The fourth-order valence-corrected chi connectivity index (χ4v) is 9.04. The molecule has 0 aromatic heterocycles. The predicted molar refractivity (Wildman–Crippen MR) is 188 cm³/mol. The minimum atomic E-state index is -0.582. The number of amides is 2. The number of fused-ring (bicyclic) bond motifs is 4. The Morgan fingerprint density at radius 2 is 1.72 bits per heavy atom. The highest BCUT2D eigenvalue weighted by Crippen LogP contribution is 2.50. The van der Waals surface area contributed by atoms with Crippen molar-refractivity contribution >= 4 is 17.5 Å². The number of morpholine rings is 1. The molecule has 2 amide bonds. The molecule has 8 nitrogen and oxygen atoms in total. The van der Waals surface area contributed by atoms with Crippen molar-refractivity contribution in [3.8, 4) is 11.1 Å². The predicted octanol–water partition coefficient (Wildman–Crippen LogP) is 5.95. The number of hydrogen-bond donors (Lipinski definition) is 2. The molecule has 2 N–H and O–H groups in total. The summed E-state index contributed by atoms with van der Waals surface area (Å²) in [7, 11) is 0. The van der Waals surface area contributed by atoms with E-state index in [2.05, 4.69) is 91.5 Å². The molecule has 2 aromatic carbocycles. The maximum atomic E-state index is 14.3. The molecule has 47 heavy (non-hydrogen) atoms. The van der Waals surface area contributed by atoms with Crippen molar-refractivity contribution in [2.75, 3.05) is 57.5 Å². The molecule has 0 spiro atoms. The van der Waals surface area contributed by atoms with E-state index in [1.54, 1.807) is 0 Å². The summed E-state index contributed by atoms with van der Waals surface area (Å²) >= 11 is 0. The van der Waals surface area contributed by atoms with E-state index in [-0.39, 0.29) is 23.3 Å². The van der Waals surface area contributed by atoms with E-state index in [1.165, 1.54) is 5.56 Å². The molecule has 1 saturated carbocycles. The second-order valence-electron chi connectivity index (χ2n) is 14.8. The Balaban J connectivity index is 1.30. The van der Waals surface area contributed by atoms with Gasteiger partial charge in [0.05, 0.1) is 18.6 Å². The number of piperidine rings is 1. The van der Waals surface area contributed by atoms with Gasteiger partial charge in [0.15, 0.2) is 0 Å². The highest BCUT2D eigenvalue weighted by atomic mass is 16.5. The lowest BCUT2D eigenvalue weighted by molar-refractivity contribution is -0.140. The summed E-state index contributed by atoms with van der Waals surface area (Å²) in [4.78, 5) is 32.9. The molecule has 4 heterocycles. The van der Waals surface area contributed by atoms with Crippen LogP contribution in [-0.4, -0.2) is 80.9 Å². The highest BCUT2D eigenvalue weighted by molar-refractivity contribution is 5.99. The van der Waals surface area contributed by atoms with Crippen LogP contribution in [0.1, 0.15) is 87.7 Å². The molecule has 4 saturated heterocycles. The SMILES string of the molecule is CCC1CCC2(CNC(=O)c3cc(-c4ccc(CN5CCOCC5)cc4)cc(N(CC)C4CCOCC4)c3C)C(=O)NC1(C)CC2C. The van der Waals surface area contributed by atoms with Gasteiger partial charge in [-0.1, -0.05) is 44.5 Å². The molecule has 0 radical (unpaired) electrons. The Kier molecular flexibility index (Phi) is 10.3. The number of rotatable bonds is 10. The van der Waals surface area contributed by atoms with Gasteiger partial charge in [-0.3, -0.25) is 14.5 Å². The van der Waals surface area contributed by atoms with E-state index >= 15 is 0 Å². The van der Waals surface area contributed by atoms with Gasteiger partial charge >= 0.3 is 0 Å². The van der Waals surface area contributed by atoms with Crippen LogP contribution in [0, 0.1) is 24.2 Å². The van der Waals surface area contributed by atoms with E-state index in [4.69, 9.17) is 9.47 Å². The van der Waals surface area contributed by atoms with Crippen molar-refractivity contribution in [2.45, 2.75) is 91.3 Å². The maximum Gasteiger partial charge on any atom is 0.251 e. The number of nitrogens with zero attached hydrogens (tertiary/aromatic N) is 2. The summed E-state index contributed by atoms with van der Waals surface area (Å²) in [6, 6.07) is 13.5. The quantitative estimate of drug-likeness (QED) is 0.333. The van der Waals surface area contributed by atoms with Crippen molar-refractivity contribution in [2.24, 2.45) is 17.3 Å². The zero-order valence-electron chi connectivity index (χ0n) is 29.3. The third kappa shape index (κ3) is 6.83. The normalized spacial score (nSPS) is 28.5. The number of carbonyl (C=O) groups is 2. The lowest BCUT2D eigenvalue weighted by atomic mass is 9.67. The Morgan fingerprint density at radius 3 is 2.38 bits per heavy atom. The molecule has 2 aromatic rings. The largest absolute Gasteiger partial charge is 0.381 e. The maximum absolute atomic E-state index is 14.3. The summed E-state index contributed by atoms with van der Waals surface area (Å²) in [5.74, 6) is 0.661. The van der Waals surface area contributed by atoms with Crippen molar-refractivity contribution in [3.05, 3.63) is 53.1 Å². The Morgan fingerprint density at radius 1 is 1.02 bits per heavy atom. The molecule has 4 atom stereocenters. The Labute approximate surface area is 281 Å². The van der Waals surface area contributed by atoms with Crippen molar-refractivity contribution in [3.63, 3.8) is 0 Å². The molecule has 2 bridgehead atoms. The monoisotopic (exact) mass is 644 g/mol. The average molecular weight is 645 g/mol. The second kappa shape index (κ2) is 14.3. The molecule has 4 aliphatic heterocycles. The summed E-state index contributed by atoms with van der Waals surface area (Å²) in [6.45, 7) is 18.1. The lowest BCUT2D eigenvalue weighted by Crippen LogP contribution is -2.63. The summed E-state index contributed by atoms with van der Waals surface area (Å²) < 4.78 is 11.2. The van der Waals surface area contributed by atoms with Crippen LogP contribution < -0.4 is 15.5 Å². The average Bonchev–Trinajstić information content (AvgIpc) is 3.26. The Bertz CT molecular complexity index is 1420. The fourth-order valence-electron chi connectivity index (χ4n) is 9.04. The second-order valence-corrected chi connectivity index (χ2v) is 14.8. The summed E-state index contributed by atoms with van der Waals surface area (Å²) in [5, 5.41) is 6.72. The number of nitrogens with one attached hydrogen (secondary N) is 2. The van der Waals surface area contributed by atoms with Gasteiger partial charge in [-0.15, -0.1) is 0 Å². The zero-order chi connectivity index (χ0) is 33.2. The van der Waals surface area contributed by atoms with Crippen LogP contribution in [0.5, 0.6) is 0 Å². The zero-order valence-corrected chi connectivity index (χ0v) is 29.3.